The molecule has 1 fully saturated rings. The molecule has 0 amide bonds. The van der Waals surface area contributed by atoms with Gasteiger partial charge in [-0.15, -0.1) is 0 Å². The van der Waals surface area contributed by atoms with E-state index < -0.39 is 6.10 Å². The van der Waals surface area contributed by atoms with Crippen molar-refractivity contribution in [3.05, 3.63) is 36.0 Å². The van der Waals surface area contributed by atoms with E-state index in [0.717, 1.165) is 13.1 Å². The van der Waals surface area contributed by atoms with Crippen molar-refractivity contribution in [2.45, 2.75) is 38.9 Å². The maximum absolute atomic E-state index is 10.2. The van der Waals surface area contributed by atoms with E-state index in [9.17, 15) is 5.11 Å². The van der Waals surface area contributed by atoms with Gasteiger partial charge in [0.15, 0.2) is 23.9 Å². The molecule has 3 rings (SSSR count). The van der Waals surface area contributed by atoms with E-state index in [1.807, 2.05) is 24.3 Å². The second kappa shape index (κ2) is 8.82. The fraction of sp³-hybridized carbons (Fsp3) is 0.556. The summed E-state index contributed by atoms with van der Waals surface area (Å²) < 4.78 is 16.5. The van der Waals surface area contributed by atoms with E-state index >= 15 is 0 Å². The van der Waals surface area contributed by atoms with Crippen LogP contribution in [0.3, 0.4) is 0 Å². The Morgan fingerprint density at radius 1 is 1.16 bits per heavy atom. The predicted molar refractivity (Wildman–Crippen MR) is 91.6 cm³/mol. The molecule has 1 atom stereocenters. The Labute approximate surface area is 147 Å². The molecular formula is C18H25N3O4. The number of hydrogen-bond donors (Lipinski definition) is 1. The zero-order chi connectivity index (χ0) is 17.5. The molecule has 2 aromatic rings. The number of hydrogen-bond acceptors (Lipinski definition) is 7. The number of ether oxygens (including phenoxy) is 2. The summed E-state index contributed by atoms with van der Waals surface area (Å²) >= 11 is 0. The van der Waals surface area contributed by atoms with Crippen LogP contribution < -0.4 is 9.47 Å². The highest BCUT2D eigenvalue weighted by molar-refractivity contribution is 5.39. The first-order valence-corrected chi connectivity index (χ1v) is 8.75. The molecule has 1 saturated heterocycles. The van der Waals surface area contributed by atoms with Gasteiger partial charge in [-0.3, -0.25) is 0 Å². The van der Waals surface area contributed by atoms with E-state index in [4.69, 9.17) is 14.0 Å². The Balaban J connectivity index is 1.49. The molecule has 7 heteroatoms. The number of para-hydroxylation sites is 2. The SMILES string of the molecule is Cc1noc(COc2ccccc2OCC(O)CN2CCCCC2)n1. The van der Waals surface area contributed by atoms with E-state index in [-0.39, 0.29) is 13.2 Å². The van der Waals surface area contributed by atoms with Crippen molar-refractivity contribution in [3.8, 4) is 11.5 Å². The summed E-state index contributed by atoms with van der Waals surface area (Å²) in [5.41, 5.74) is 0. The smallest absolute Gasteiger partial charge is 0.264 e. The molecule has 1 aromatic carbocycles. The minimum atomic E-state index is -0.523. The van der Waals surface area contributed by atoms with Crippen LogP contribution in [0.5, 0.6) is 11.5 Å². The van der Waals surface area contributed by atoms with Gasteiger partial charge in [-0.05, 0) is 45.0 Å². The van der Waals surface area contributed by atoms with Gasteiger partial charge in [-0.1, -0.05) is 23.7 Å². The fourth-order valence-electron chi connectivity index (χ4n) is 2.91. The van der Waals surface area contributed by atoms with Crippen molar-refractivity contribution in [1.82, 2.24) is 15.0 Å². The average Bonchev–Trinajstić information content (AvgIpc) is 3.05. The maximum Gasteiger partial charge on any atom is 0.264 e. The molecule has 0 saturated carbocycles. The largest absolute Gasteiger partial charge is 0.487 e. The van der Waals surface area contributed by atoms with Gasteiger partial charge in [0, 0.05) is 6.54 Å². The van der Waals surface area contributed by atoms with Crippen molar-refractivity contribution in [1.29, 1.82) is 0 Å². The zero-order valence-corrected chi connectivity index (χ0v) is 14.6. The minimum absolute atomic E-state index is 0.178. The second-order valence-electron chi connectivity index (χ2n) is 6.30. The Kier molecular flexibility index (Phi) is 6.25. The number of rotatable bonds is 8. The molecule has 0 aliphatic carbocycles. The Hall–Kier alpha value is -2.12. The average molecular weight is 347 g/mol. The van der Waals surface area contributed by atoms with E-state index in [1.165, 1.54) is 19.3 Å². The highest BCUT2D eigenvalue weighted by Crippen LogP contribution is 2.27. The standard InChI is InChI=1S/C18H25N3O4/c1-14-19-18(25-20-14)13-24-17-8-4-3-7-16(17)23-12-15(22)11-21-9-5-2-6-10-21/h3-4,7-8,15,22H,2,5-6,9-13H2,1H3. The summed E-state index contributed by atoms with van der Waals surface area (Å²) in [5, 5.41) is 14.0. The molecule has 0 spiro atoms. The normalized spacial score (nSPS) is 16.6. The summed E-state index contributed by atoms with van der Waals surface area (Å²) in [6.45, 7) is 4.92. The van der Waals surface area contributed by atoms with Crippen molar-refractivity contribution in [3.63, 3.8) is 0 Å². The number of aromatic nitrogens is 2. The first kappa shape index (κ1) is 17.7. The van der Waals surface area contributed by atoms with Gasteiger partial charge in [0.1, 0.15) is 12.7 Å². The van der Waals surface area contributed by atoms with Gasteiger partial charge in [-0.25, -0.2) is 0 Å². The number of aliphatic hydroxyl groups excluding tert-OH is 1. The molecule has 7 nitrogen and oxygen atoms in total. The molecule has 1 aliphatic heterocycles. The Bertz CT molecular complexity index is 655. The first-order valence-electron chi connectivity index (χ1n) is 8.75. The lowest BCUT2D eigenvalue weighted by molar-refractivity contribution is 0.0603. The summed E-state index contributed by atoms with van der Waals surface area (Å²) in [4.78, 5) is 6.40. The topological polar surface area (TPSA) is 80.9 Å². The number of likely N-dealkylation sites (tertiary alicyclic amines) is 1. The predicted octanol–water partition coefficient (Wildman–Crippen LogP) is 2.18. The van der Waals surface area contributed by atoms with Crippen LogP contribution in [0.1, 0.15) is 31.0 Å². The van der Waals surface area contributed by atoms with E-state index in [1.54, 1.807) is 6.92 Å². The van der Waals surface area contributed by atoms with Crippen LogP contribution in [0.15, 0.2) is 28.8 Å². The molecule has 1 unspecified atom stereocenters. The highest BCUT2D eigenvalue weighted by atomic mass is 16.5. The molecular weight excluding hydrogens is 322 g/mol. The summed E-state index contributed by atoms with van der Waals surface area (Å²) in [6, 6.07) is 7.37. The van der Waals surface area contributed by atoms with Crippen molar-refractivity contribution in [2.24, 2.45) is 0 Å². The first-order chi connectivity index (χ1) is 12.2. The van der Waals surface area contributed by atoms with E-state index in [2.05, 4.69) is 15.0 Å². The minimum Gasteiger partial charge on any atom is -0.487 e. The highest BCUT2D eigenvalue weighted by Gasteiger charge is 2.16. The van der Waals surface area contributed by atoms with Crippen molar-refractivity contribution >= 4 is 0 Å². The van der Waals surface area contributed by atoms with Crippen LogP contribution in [0.25, 0.3) is 0 Å². The number of piperidine rings is 1. The molecule has 1 aromatic heterocycles. The van der Waals surface area contributed by atoms with Crippen LogP contribution >= 0.6 is 0 Å². The second-order valence-corrected chi connectivity index (χ2v) is 6.30. The van der Waals surface area contributed by atoms with Crippen molar-refractivity contribution in [2.75, 3.05) is 26.2 Å². The van der Waals surface area contributed by atoms with Gasteiger partial charge in [0.2, 0.25) is 0 Å². The maximum atomic E-state index is 10.2. The van der Waals surface area contributed by atoms with Crippen LogP contribution in [0, 0.1) is 6.92 Å². The molecule has 1 aliphatic rings. The number of aliphatic hydroxyl groups is 1. The number of β-amino-alcohol motifs (C(OH)–C–C–N with tert-alkyl or cyclic N) is 1. The van der Waals surface area contributed by atoms with Gasteiger partial charge in [0.25, 0.3) is 5.89 Å². The third kappa shape index (κ3) is 5.44. The molecule has 1 N–H and O–H groups in total. The molecule has 25 heavy (non-hydrogen) atoms. The number of benzene rings is 1. The van der Waals surface area contributed by atoms with Gasteiger partial charge >= 0.3 is 0 Å². The number of nitrogens with zero attached hydrogens (tertiary/aromatic N) is 3. The van der Waals surface area contributed by atoms with Gasteiger partial charge in [0.05, 0.1) is 0 Å². The Morgan fingerprint density at radius 3 is 2.56 bits per heavy atom. The molecule has 2 heterocycles. The van der Waals surface area contributed by atoms with Crippen molar-refractivity contribution < 1.29 is 19.1 Å². The van der Waals surface area contributed by atoms with E-state index in [0.29, 0.717) is 29.8 Å². The monoisotopic (exact) mass is 347 g/mol. The summed E-state index contributed by atoms with van der Waals surface area (Å²) in [7, 11) is 0. The third-order valence-corrected chi connectivity index (χ3v) is 4.12. The molecule has 136 valence electrons. The fourth-order valence-corrected chi connectivity index (χ4v) is 2.91. The van der Waals surface area contributed by atoms with Crippen LogP contribution in [-0.4, -0.2) is 52.5 Å². The third-order valence-electron chi connectivity index (χ3n) is 4.12. The quantitative estimate of drug-likeness (QED) is 0.784. The van der Waals surface area contributed by atoms with Crippen LogP contribution in [0.4, 0.5) is 0 Å². The summed E-state index contributed by atoms with van der Waals surface area (Å²) in [6.07, 6.45) is 3.18. The van der Waals surface area contributed by atoms with Crippen LogP contribution in [0.2, 0.25) is 0 Å². The zero-order valence-electron chi connectivity index (χ0n) is 14.6. The lowest BCUT2D eigenvalue weighted by atomic mass is 10.1. The number of aryl methyl sites for hydroxylation is 1. The summed E-state index contributed by atoms with van der Waals surface area (Å²) in [5.74, 6) is 2.17. The molecule has 0 radical (unpaired) electrons. The Morgan fingerprint density at radius 2 is 1.88 bits per heavy atom. The lowest BCUT2D eigenvalue weighted by Crippen LogP contribution is -2.38. The lowest BCUT2D eigenvalue weighted by Gasteiger charge is -2.28. The molecule has 0 bridgehead atoms. The van der Waals surface area contributed by atoms with Gasteiger partial charge < -0.3 is 24.0 Å². The van der Waals surface area contributed by atoms with Crippen LogP contribution in [-0.2, 0) is 6.61 Å². The van der Waals surface area contributed by atoms with Gasteiger partial charge in [-0.2, -0.15) is 4.98 Å².